The monoisotopic (exact) mass is 291 g/mol. The van der Waals surface area contributed by atoms with Gasteiger partial charge in [-0.3, -0.25) is 0 Å². The van der Waals surface area contributed by atoms with Crippen molar-refractivity contribution in [3.05, 3.63) is 66.5 Å². The molecule has 0 aliphatic rings. The fourth-order valence-corrected chi connectivity index (χ4v) is 1.60. The summed E-state index contributed by atoms with van der Waals surface area (Å²) in [7, 11) is 0. The molecule has 0 spiro atoms. The van der Waals surface area contributed by atoms with E-state index in [0.717, 1.165) is 5.56 Å². The van der Waals surface area contributed by atoms with Gasteiger partial charge in [0.25, 0.3) is 0 Å². The van der Waals surface area contributed by atoms with Gasteiger partial charge in [0.2, 0.25) is 0 Å². The zero-order valence-electron chi connectivity index (χ0n) is 11.9. The molecule has 1 aromatic carbocycles. The third kappa shape index (κ3) is 4.12. The van der Waals surface area contributed by atoms with Crippen LogP contribution in [0.25, 0.3) is 11.4 Å². The van der Waals surface area contributed by atoms with Gasteiger partial charge in [-0.2, -0.15) is 5.26 Å². The summed E-state index contributed by atoms with van der Waals surface area (Å²) in [5.74, 6) is 0.498. The molecule has 22 heavy (non-hydrogen) atoms. The Labute approximate surface area is 128 Å². The lowest BCUT2D eigenvalue weighted by Gasteiger charge is -2.03. The summed E-state index contributed by atoms with van der Waals surface area (Å²) in [6, 6.07) is 8.79. The molecule has 0 atom stereocenters. The van der Waals surface area contributed by atoms with Gasteiger partial charge in [-0.05, 0) is 31.2 Å². The second kappa shape index (κ2) is 7.50. The number of hydrogen-bond donors (Lipinski definition) is 0. The molecule has 0 saturated heterocycles. The van der Waals surface area contributed by atoms with Gasteiger partial charge in [-0.25, -0.2) is 14.8 Å². The van der Waals surface area contributed by atoms with E-state index in [0.29, 0.717) is 17.1 Å². The number of carbonyl (C=O) groups excluding carboxylic acids is 1. The molecule has 0 N–H and O–H groups in total. The molecular formula is C17H13N3O2. The number of nitrogens with zero attached hydrogens (tertiary/aromatic N) is 3. The minimum absolute atomic E-state index is 0.405. The fourth-order valence-electron chi connectivity index (χ4n) is 1.60. The van der Waals surface area contributed by atoms with Crippen LogP contribution in [0.1, 0.15) is 12.5 Å². The lowest BCUT2D eigenvalue weighted by atomic mass is 10.2. The maximum Gasteiger partial charge on any atom is 0.336 e. The van der Waals surface area contributed by atoms with Crippen LogP contribution in [-0.4, -0.2) is 15.9 Å². The quantitative estimate of drug-likeness (QED) is 0.374. The van der Waals surface area contributed by atoms with E-state index < -0.39 is 5.97 Å². The van der Waals surface area contributed by atoms with Crippen molar-refractivity contribution in [1.29, 1.82) is 5.26 Å². The van der Waals surface area contributed by atoms with Crippen molar-refractivity contribution in [2.45, 2.75) is 6.92 Å². The molecule has 2 aromatic rings. The highest BCUT2D eigenvalue weighted by Crippen LogP contribution is 2.19. The molecule has 1 aromatic heterocycles. The van der Waals surface area contributed by atoms with Crippen LogP contribution in [0.2, 0.25) is 0 Å². The molecule has 0 unspecified atom stereocenters. The average Bonchev–Trinajstić information content (AvgIpc) is 2.56. The van der Waals surface area contributed by atoms with Crippen molar-refractivity contribution in [2.24, 2.45) is 0 Å². The van der Waals surface area contributed by atoms with Crippen LogP contribution in [-0.2, 0) is 4.79 Å². The van der Waals surface area contributed by atoms with Crippen molar-refractivity contribution < 1.29 is 9.53 Å². The van der Waals surface area contributed by atoms with Gasteiger partial charge in [0.1, 0.15) is 11.8 Å². The Hall–Kier alpha value is -3.26. The predicted octanol–water partition coefficient (Wildman–Crippen LogP) is 3.05. The fraction of sp³-hybridized carbons (Fsp3) is 0.0588. The number of ether oxygens (including phenoxy) is 1. The first kappa shape index (κ1) is 15.1. The standard InChI is InChI=1S/C17H13N3O2/c1-2-3-4-5-16(21)22-15-8-6-14(7-9-15)17-19-11-13(10-18)12-20-17/h2-9,11-12H,1H3/b3-2+,5-4+. The van der Waals surface area contributed by atoms with Gasteiger partial charge >= 0.3 is 5.97 Å². The molecule has 108 valence electrons. The van der Waals surface area contributed by atoms with E-state index in [1.807, 2.05) is 19.1 Å². The van der Waals surface area contributed by atoms with E-state index in [9.17, 15) is 4.79 Å². The van der Waals surface area contributed by atoms with Crippen molar-refractivity contribution in [3.63, 3.8) is 0 Å². The van der Waals surface area contributed by atoms with Crippen LogP contribution < -0.4 is 4.74 Å². The second-order valence-corrected chi connectivity index (χ2v) is 4.24. The number of benzene rings is 1. The normalized spacial score (nSPS) is 10.7. The number of rotatable bonds is 4. The molecule has 5 nitrogen and oxygen atoms in total. The number of allylic oxidation sites excluding steroid dienone is 3. The second-order valence-electron chi connectivity index (χ2n) is 4.24. The number of carbonyl (C=O) groups is 1. The summed E-state index contributed by atoms with van der Waals surface area (Å²) in [6.07, 6.45) is 9.44. The molecule has 0 aliphatic carbocycles. The van der Waals surface area contributed by atoms with E-state index in [-0.39, 0.29) is 0 Å². The summed E-state index contributed by atoms with van der Waals surface area (Å²) in [4.78, 5) is 19.7. The van der Waals surface area contributed by atoms with Crippen LogP contribution >= 0.6 is 0 Å². The van der Waals surface area contributed by atoms with Gasteiger partial charge in [-0.1, -0.05) is 18.2 Å². The van der Waals surface area contributed by atoms with Crippen LogP contribution in [0.4, 0.5) is 0 Å². The van der Waals surface area contributed by atoms with Crippen LogP contribution in [0.3, 0.4) is 0 Å². The first-order valence-electron chi connectivity index (χ1n) is 6.56. The Balaban J connectivity index is 2.06. The Kier molecular flexibility index (Phi) is 5.16. The number of aromatic nitrogens is 2. The first-order valence-corrected chi connectivity index (χ1v) is 6.56. The van der Waals surface area contributed by atoms with Crippen LogP contribution in [0, 0.1) is 11.3 Å². The van der Waals surface area contributed by atoms with E-state index in [2.05, 4.69) is 9.97 Å². The van der Waals surface area contributed by atoms with Gasteiger partial charge < -0.3 is 4.74 Å². The van der Waals surface area contributed by atoms with E-state index in [1.54, 1.807) is 36.4 Å². The summed E-state index contributed by atoms with van der Waals surface area (Å²) in [6.45, 7) is 1.86. The van der Waals surface area contributed by atoms with Crippen LogP contribution in [0.15, 0.2) is 61.0 Å². The predicted molar refractivity (Wildman–Crippen MR) is 81.8 cm³/mol. The van der Waals surface area contributed by atoms with Gasteiger partial charge in [-0.15, -0.1) is 0 Å². The molecule has 0 radical (unpaired) electrons. The molecule has 1 heterocycles. The molecule has 0 amide bonds. The molecule has 5 heteroatoms. The number of nitriles is 1. The maximum absolute atomic E-state index is 11.5. The smallest absolute Gasteiger partial charge is 0.336 e. The third-order valence-corrected chi connectivity index (χ3v) is 2.65. The molecule has 0 bridgehead atoms. The topological polar surface area (TPSA) is 75.9 Å². The highest BCUT2D eigenvalue weighted by atomic mass is 16.5. The van der Waals surface area contributed by atoms with Gasteiger partial charge in [0.15, 0.2) is 5.82 Å². The highest BCUT2D eigenvalue weighted by molar-refractivity contribution is 5.84. The Morgan fingerprint density at radius 1 is 1.18 bits per heavy atom. The minimum atomic E-state index is -0.444. The third-order valence-electron chi connectivity index (χ3n) is 2.65. The summed E-state index contributed by atoms with van der Waals surface area (Å²) in [5.41, 5.74) is 1.18. The lowest BCUT2D eigenvalue weighted by Crippen LogP contribution is -2.03. The maximum atomic E-state index is 11.5. The SMILES string of the molecule is C/C=C/C=C/C(=O)Oc1ccc(-c2ncc(C#N)cn2)cc1. The summed E-state index contributed by atoms with van der Waals surface area (Å²) in [5, 5.41) is 8.71. The van der Waals surface area contributed by atoms with Gasteiger partial charge in [0.05, 0.1) is 5.56 Å². The zero-order valence-corrected chi connectivity index (χ0v) is 11.9. The van der Waals surface area contributed by atoms with Gasteiger partial charge in [0, 0.05) is 24.0 Å². The number of hydrogen-bond acceptors (Lipinski definition) is 5. The van der Waals surface area contributed by atoms with E-state index in [4.69, 9.17) is 10.00 Å². The molecule has 0 fully saturated rings. The zero-order chi connectivity index (χ0) is 15.8. The molecule has 0 aliphatic heterocycles. The molecule has 2 rings (SSSR count). The summed E-state index contributed by atoms with van der Waals surface area (Å²) >= 11 is 0. The Morgan fingerprint density at radius 3 is 2.45 bits per heavy atom. The number of esters is 1. The lowest BCUT2D eigenvalue weighted by molar-refractivity contribution is -0.128. The first-order chi connectivity index (χ1) is 10.7. The largest absolute Gasteiger partial charge is 0.423 e. The minimum Gasteiger partial charge on any atom is -0.423 e. The van der Waals surface area contributed by atoms with Crippen molar-refractivity contribution in [1.82, 2.24) is 9.97 Å². The van der Waals surface area contributed by atoms with Crippen molar-refractivity contribution in [3.8, 4) is 23.2 Å². The molecule has 0 saturated carbocycles. The Morgan fingerprint density at radius 2 is 1.86 bits per heavy atom. The van der Waals surface area contributed by atoms with Crippen LogP contribution in [0.5, 0.6) is 5.75 Å². The highest BCUT2D eigenvalue weighted by Gasteiger charge is 2.04. The average molecular weight is 291 g/mol. The summed E-state index contributed by atoms with van der Waals surface area (Å²) < 4.78 is 5.14. The van der Waals surface area contributed by atoms with Crippen molar-refractivity contribution >= 4 is 5.97 Å². The molecular weight excluding hydrogens is 278 g/mol. The van der Waals surface area contributed by atoms with E-state index in [1.165, 1.54) is 18.5 Å². The van der Waals surface area contributed by atoms with E-state index >= 15 is 0 Å². The Bertz CT molecular complexity index is 739. The van der Waals surface area contributed by atoms with Crippen molar-refractivity contribution in [2.75, 3.05) is 0 Å².